The van der Waals surface area contributed by atoms with E-state index in [1.54, 1.807) is 0 Å². The van der Waals surface area contributed by atoms with Crippen molar-refractivity contribution in [3.8, 4) is 0 Å². The monoisotopic (exact) mass is 263 g/mol. The summed E-state index contributed by atoms with van der Waals surface area (Å²) in [4.78, 5) is 22.9. The first-order valence-corrected chi connectivity index (χ1v) is 5.31. The number of carbonyl (C=O) groups excluding carboxylic acids is 1. The fourth-order valence-corrected chi connectivity index (χ4v) is 1.62. The molecule has 2 rings (SSSR count). The molecule has 7 heteroatoms. The summed E-state index contributed by atoms with van der Waals surface area (Å²) in [6.07, 6.45) is 1.09. The van der Waals surface area contributed by atoms with Gasteiger partial charge in [-0.05, 0) is 18.2 Å². The summed E-state index contributed by atoms with van der Waals surface area (Å²) < 4.78 is 14.1. The third-order valence-corrected chi connectivity index (χ3v) is 2.47. The molecule has 0 aliphatic heterocycles. The van der Waals surface area contributed by atoms with Gasteiger partial charge in [-0.25, -0.2) is 9.18 Å². The van der Waals surface area contributed by atoms with E-state index in [-0.39, 0.29) is 16.9 Å². The highest BCUT2D eigenvalue weighted by molar-refractivity contribution is 6.09. The van der Waals surface area contributed by atoms with Crippen molar-refractivity contribution in [1.82, 2.24) is 9.78 Å². The van der Waals surface area contributed by atoms with Crippen molar-refractivity contribution in [2.45, 2.75) is 0 Å². The molecule has 0 saturated heterocycles. The lowest BCUT2D eigenvalue weighted by molar-refractivity contribution is 0.0692. The van der Waals surface area contributed by atoms with Crippen molar-refractivity contribution in [3.05, 3.63) is 47.5 Å². The van der Waals surface area contributed by atoms with Crippen LogP contribution in [0.5, 0.6) is 0 Å². The van der Waals surface area contributed by atoms with Crippen LogP contribution in [-0.2, 0) is 7.05 Å². The van der Waals surface area contributed by atoms with Gasteiger partial charge in [0, 0.05) is 12.7 Å². The third-order valence-electron chi connectivity index (χ3n) is 2.47. The Bertz CT molecular complexity index is 651. The van der Waals surface area contributed by atoms with Crippen LogP contribution in [0.1, 0.15) is 20.8 Å². The first-order chi connectivity index (χ1) is 8.99. The molecular formula is C12H10FN3O3. The minimum absolute atomic E-state index is 0.100. The summed E-state index contributed by atoms with van der Waals surface area (Å²) in [6, 6.07) is 5.31. The number of amides is 1. The number of halogens is 1. The van der Waals surface area contributed by atoms with Crippen LogP contribution in [0.2, 0.25) is 0 Å². The number of rotatable bonds is 3. The average Bonchev–Trinajstić information content (AvgIpc) is 2.71. The molecule has 1 heterocycles. The summed E-state index contributed by atoms with van der Waals surface area (Å²) in [7, 11) is 1.45. The van der Waals surface area contributed by atoms with Gasteiger partial charge in [-0.1, -0.05) is 6.07 Å². The second-order valence-corrected chi connectivity index (χ2v) is 3.80. The molecule has 0 fully saturated rings. The van der Waals surface area contributed by atoms with Crippen LogP contribution in [0.4, 0.5) is 10.1 Å². The van der Waals surface area contributed by atoms with Crippen molar-refractivity contribution in [3.63, 3.8) is 0 Å². The van der Waals surface area contributed by atoms with Crippen LogP contribution in [-0.4, -0.2) is 26.8 Å². The summed E-state index contributed by atoms with van der Waals surface area (Å²) in [5.74, 6) is -2.42. The van der Waals surface area contributed by atoms with Gasteiger partial charge >= 0.3 is 5.97 Å². The molecule has 2 N–H and O–H groups in total. The van der Waals surface area contributed by atoms with Crippen molar-refractivity contribution in [2.75, 3.05) is 5.32 Å². The lowest BCUT2D eigenvalue weighted by Crippen LogP contribution is -2.19. The maximum absolute atomic E-state index is 13.0. The smallest absolute Gasteiger partial charge is 0.339 e. The molecule has 0 atom stereocenters. The van der Waals surface area contributed by atoms with E-state index in [4.69, 9.17) is 5.11 Å². The Morgan fingerprint density at radius 3 is 2.79 bits per heavy atom. The van der Waals surface area contributed by atoms with E-state index >= 15 is 0 Å². The lowest BCUT2D eigenvalue weighted by Gasteiger charge is -2.06. The number of nitrogens with one attached hydrogen (secondary N) is 1. The molecule has 0 unspecified atom stereocenters. The van der Waals surface area contributed by atoms with Crippen LogP contribution in [0, 0.1) is 5.82 Å². The third kappa shape index (κ3) is 2.59. The maximum atomic E-state index is 13.0. The number of benzene rings is 1. The standard InChI is InChI=1S/C12H10FN3O3/c1-16-10(9(6-14-16)12(18)19)11(17)15-8-4-2-3-7(13)5-8/h2-6H,1H3,(H,15,17)(H,18,19). The number of aryl methyl sites for hydroxylation is 1. The molecule has 19 heavy (non-hydrogen) atoms. The van der Waals surface area contributed by atoms with Crippen molar-refractivity contribution >= 4 is 17.6 Å². The van der Waals surface area contributed by atoms with Crippen molar-refractivity contribution in [2.24, 2.45) is 7.05 Å². The molecular weight excluding hydrogens is 253 g/mol. The average molecular weight is 263 g/mol. The normalized spacial score (nSPS) is 10.2. The molecule has 0 radical (unpaired) electrons. The summed E-state index contributed by atoms with van der Waals surface area (Å²) in [5, 5.41) is 15.1. The number of aromatic carboxylic acids is 1. The van der Waals surface area contributed by atoms with E-state index in [2.05, 4.69) is 10.4 Å². The second-order valence-electron chi connectivity index (χ2n) is 3.80. The molecule has 0 aliphatic carbocycles. The van der Waals surface area contributed by atoms with Crippen LogP contribution in [0.25, 0.3) is 0 Å². The fraction of sp³-hybridized carbons (Fsp3) is 0.0833. The zero-order valence-electron chi connectivity index (χ0n) is 9.92. The molecule has 98 valence electrons. The highest BCUT2D eigenvalue weighted by atomic mass is 19.1. The molecule has 2 aromatic rings. The highest BCUT2D eigenvalue weighted by Gasteiger charge is 2.21. The Morgan fingerprint density at radius 2 is 2.16 bits per heavy atom. The van der Waals surface area contributed by atoms with Gasteiger partial charge in [0.25, 0.3) is 5.91 Å². The topological polar surface area (TPSA) is 84.2 Å². The van der Waals surface area contributed by atoms with Gasteiger partial charge in [0.2, 0.25) is 0 Å². The number of nitrogens with zero attached hydrogens (tertiary/aromatic N) is 2. The summed E-state index contributed by atoms with van der Waals surface area (Å²) in [5.41, 5.74) is -0.0734. The van der Waals surface area contributed by atoms with Gasteiger partial charge in [0.1, 0.15) is 17.1 Å². The molecule has 0 saturated carbocycles. The highest BCUT2D eigenvalue weighted by Crippen LogP contribution is 2.13. The van der Waals surface area contributed by atoms with Crippen LogP contribution in [0.15, 0.2) is 30.5 Å². The van der Waals surface area contributed by atoms with E-state index in [0.29, 0.717) is 0 Å². The van der Waals surface area contributed by atoms with Crippen LogP contribution < -0.4 is 5.32 Å². The number of aromatic nitrogens is 2. The Morgan fingerprint density at radius 1 is 1.42 bits per heavy atom. The van der Waals surface area contributed by atoms with E-state index in [9.17, 15) is 14.0 Å². The fourth-order valence-electron chi connectivity index (χ4n) is 1.62. The molecule has 1 amide bonds. The van der Waals surface area contributed by atoms with Crippen molar-refractivity contribution < 1.29 is 19.1 Å². The Balaban J connectivity index is 2.30. The van der Waals surface area contributed by atoms with Gasteiger partial charge in [0.05, 0.1) is 6.20 Å². The minimum atomic E-state index is -1.25. The van der Waals surface area contributed by atoms with E-state index in [1.165, 1.54) is 25.2 Å². The van der Waals surface area contributed by atoms with E-state index in [1.807, 2.05) is 0 Å². The van der Waals surface area contributed by atoms with E-state index in [0.717, 1.165) is 16.9 Å². The minimum Gasteiger partial charge on any atom is -0.478 e. The molecule has 1 aromatic heterocycles. The number of carbonyl (C=O) groups is 2. The Kier molecular flexibility index (Phi) is 3.28. The molecule has 0 spiro atoms. The predicted molar refractivity (Wildman–Crippen MR) is 64.5 cm³/mol. The molecule has 1 aromatic carbocycles. The number of carboxylic acid groups (broad SMARTS) is 1. The SMILES string of the molecule is Cn1ncc(C(=O)O)c1C(=O)Nc1cccc(F)c1. The predicted octanol–water partition coefficient (Wildman–Crippen LogP) is 1.51. The van der Waals surface area contributed by atoms with Crippen LogP contribution >= 0.6 is 0 Å². The van der Waals surface area contributed by atoms with Gasteiger partial charge in [-0.2, -0.15) is 5.10 Å². The van der Waals surface area contributed by atoms with Gasteiger partial charge < -0.3 is 10.4 Å². The Labute approximate surface area is 107 Å². The zero-order valence-corrected chi connectivity index (χ0v) is 9.92. The van der Waals surface area contributed by atoms with E-state index < -0.39 is 17.7 Å². The number of anilines is 1. The number of carboxylic acids is 1. The van der Waals surface area contributed by atoms with Crippen molar-refractivity contribution in [1.29, 1.82) is 0 Å². The lowest BCUT2D eigenvalue weighted by atomic mass is 10.2. The number of hydrogen-bond acceptors (Lipinski definition) is 3. The van der Waals surface area contributed by atoms with Gasteiger partial charge in [0.15, 0.2) is 0 Å². The first-order valence-electron chi connectivity index (χ1n) is 5.31. The Hall–Kier alpha value is -2.70. The quantitative estimate of drug-likeness (QED) is 0.879. The molecule has 0 aliphatic rings. The van der Waals surface area contributed by atoms with Gasteiger partial charge in [-0.3, -0.25) is 9.48 Å². The second kappa shape index (κ2) is 4.89. The molecule has 6 nitrogen and oxygen atoms in total. The maximum Gasteiger partial charge on any atom is 0.339 e. The first kappa shape index (κ1) is 12.7. The number of hydrogen-bond donors (Lipinski definition) is 2. The summed E-state index contributed by atoms with van der Waals surface area (Å²) >= 11 is 0. The molecule has 0 bridgehead atoms. The van der Waals surface area contributed by atoms with Crippen LogP contribution in [0.3, 0.4) is 0 Å². The zero-order chi connectivity index (χ0) is 14.0. The summed E-state index contributed by atoms with van der Waals surface area (Å²) in [6.45, 7) is 0. The van der Waals surface area contributed by atoms with Gasteiger partial charge in [-0.15, -0.1) is 0 Å². The largest absolute Gasteiger partial charge is 0.478 e.